The van der Waals surface area contributed by atoms with Gasteiger partial charge in [-0.1, -0.05) is 12.2 Å². The molecule has 2 aliphatic carbocycles. The lowest BCUT2D eigenvalue weighted by atomic mass is 9.76. The summed E-state index contributed by atoms with van der Waals surface area (Å²) in [6, 6.07) is 0. The first kappa shape index (κ1) is 9.71. The van der Waals surface area contributed by atoms with Crippen LogP contribution in [0.3, 0.4) is 0 Å². The summed E-state index contributed by atoms with van der Waals surface area (Å²) >= 11 is 0. The van der Waals surface area contributed by atoms with Crippen molar-refractivity contribution in [1.29, 1.82) is 0 Å². The molecule has 1 saturated carbocycles. The zero-order valence-electron chi connectivity index (χ0n) is 8.53. The second kappa shape index (κ2) is 3.39. The second-order valence-corrected chi connectivity index (χ2v) is 4.27. The third-order valence-electron chi connectivity index (χ3n) is 3.55. The maximum absolute atomic E-state index is 11.9. The van der Waals surface area contributed by atoms with E-state index in [9.17, 15) is 4.79 Å². The van der Waals surface area contributed by atoms with E-state index in [0.717, 1.165) is 12.8 Å². The molecular weight excluding hydrogens is 178 g/mol. The van der Waals surface area contributed by atoms with Crippen LogP contribution in [0.25, 0.3) is 0 Å². The smallest absolute Gasteiger partial charge is 0.313 e. The van der Waals surface area contributed by atoms with Gasteiger partial charge in [-0.15, -0.1) is 0 Å². The first-order chi connectivity index (χ1) is 6.73. The van der Waals surface area contributed by atoms with Gasteiger partial charge in [-0.3, -0.25) is 4.79 Å². The lowest BCUT2D eigenvalue weighted by molar-refractivity contribution is -0.156. The van der Waals surface area contributed by atoms with Gasteiger partial charge in [-0.05, 0) is 31.6 Å². The fourth-order valence-electron chi connectivity index (χ4n) is 2.78. The summed E-state index contributed by atoms with van der Waals surface area (Å²) in [6.45, 7) is 2.70. The molecule has 0 aromatic heterocycles. The summed E-state index contributed by atoms with van der Waals surface area (Å²) in [4.78, 5) is 11.9. The highest BCUT2D eigenvalue weighted by Crippen LogP contribution is 2.52. The number of ether oxygens (including phenoxy) is 1. The Morgan fingerprint density at radius 3 is 2.86 bits per heavy atom. The number of carbonyl (C=O) groups is 1. The van der Waals surface area contributed by atoms with Crippen molar-refractivity contribution >= 4 is 5.97 Å². The maximum atomic E-state index is 11.9. The number of hydrogen-bond acceptors (Lipinski definition) is 3. The molecule has 0 radical (unpaired) electrons. The fourth-order valence-corrected chi connectivity index (χ4v) is 2.78. The summed E-state index contributed by atoms with van der Waals surface area (Å²) < 4.78 is 5.12. The summed E-state index contributed by atoms with van der Waals surface area (Å²) in [5.41, 5.74) is 5.34. The van der Waals surface area contributed by atoms with Crippen molar-refractivity contribution in [3.8, 4) is 0 Å². The van der Waals surface area contributed by atoms with E-state index in [1.165, 1.54) is 0 Å². The largest absolute Gasteiger partial charge is 0.466 e. The molecule has 78 valence electrons. The molecule has 0 amide bonds. The van der Waals surface area contributed by atoms with Crippen LogP contribution in [-0.4, -0.2) is 19.1 Å². The minimum atomic E-state index is -0.407. The normalized spacial score (nSPS) is 39.0. The molecule has 3 unspecified atom stereocenters. The SMILES string of the molecule is CCOC(=O)C1(CN)CC2C=CC1C2. The van der Waals surface area contributed by atoms with Gasteiger partial charge in [0.05, 0.1) is 12.0 Å². The number of carbonyl (C=O) groups excluding carboxylic acids is 1. The van der Waals surface area contributed by atoms with Gasteiger partial charge in [0.15, 0.2) is 0 Å². The highest BCUT2D eigenvalue weighted by molar-refractivity contribution is 5.79. The average molecular weight is 195 g/mol. The lowest BCUT2D eigenvalue weighted by Gasteiger charge is -2.31. The highest BCUT2D eigenvalue weighted by atomic mass is 16.5. The summed E-state index contributed by atoms with van der Waals surface area (Å²) in [6.07, 6.45) is 6.30. The topological polar surface area (TPSA) is 52.3 Å². The van der Waals surface area contributed by atoms with E-state index >= 15 is 0 Å². The Hall–Kier alpha value is -0.830. The number of rotatable bonds is 3. The Labute approximate surface area is 84.3 Å². The van der Waals surface area contributed by atoms with Crippen LogP contribution >= 0.6 is 0 Å². The Balaban J connectivity index is 2.19. The molecule has 1 fully saturated rings. The van der Waals surface area contributed by atoms with Crippen molar-refractivity contribution < 1.29 is 9.53 Å². The third-order valence-corrected chi connectivity index (χ3v) is 3.55. The van der Waals surface area contributed by atoms with Crippen LogP contribution in [0.5, 0.6) is 0 Å². The molecule has 0 heterocycles. The van der Waals surface area contributed by atoms with Crippen LogP contribution in [0.2, 0.25) is 0 Å². The summed E-state index contributed by atoms with van der Waals surface area (Å²) in [7, 11) is 0. The van der Waals surface area contributed by atoms with Crippen LogP contribution in [0.15, 0.2) is 12.2 Å². The van der Waals surface area contributed by atoms with Crippen LogP contribution in [0.1, 0.15) is 19.8 Å². The third kappa shape index (κ3) is 1.19. The van der Waals surface area contributed by atoms with E-state index in [1.807, 2.05) is 6.92 Å². The quantitative estimate of drug-likeness (QED) is 0.541. The van der Waals surface area contributed by atoms with Gasteiger partial charge in [0.1, 0.15) is 0 Å². The van der Waals surface area contributed by atoms with E-state index in [2.05, 4.69) is 12.2 Å². The second-order valence-electron chi connectivity index (χ2n) is 4.27. The van der Waals surface area contributed by atoms with Crippen LogP contribution < -0.4 is 5.73 Å². The summed E-state index contributed by atoms with van der Waals surface area (Å²) in [5.74, 6) is 0.767. The Bertz CT molecular complexity index is 274. The van der Waals surface area contributed by atoms with Gasteiger partial charge in [0, 0.05) is 6.54 Å². The van der Waals surface area contributed by atoms with Crippen molar-refractivity contribution in [1.82, 2.24) is 0 Å². The minimum absolute atomic E-state index is 0.0978. The van der Waals surface area contributed by atoms with E-state index in [0.29, 0.717) is 25.0 Å². The van der Waals surface area contributed by atoms with Crippen molar-refractivity contribution in [2.75, 3.05) is 13.2 Å². The standard InChI is InChI=1S/C11H17NO2/c1-2-14-10(13)11(7-12)6-8-3-4-9(11)5-8/h3-4,8-9H,2,5-7,12H2,1H3. The molecule has 0 saturated heterocycles. The van der Waals surface area contributed by atoms with Crippen molar-refractivity contribution in [3.63, 3.8) is 0 Å². The number of esters is 1. The molecule has 2 N–H and O–H groups in total. The molecule has 3 nitrogen and oxygen atoms in total. The molecule has 3 heteroatoms. The Kier molecular flexibility index (Phi) is 2.35. The van der Waals surface area contributed by atoms with Gasteiger partial charge in [0.2, 0.25) is 0 Å². The predicted molar refractivity (Wildman–Crippen MR) is 53.5 cm³/mol. The first-order valence-corrected chi connectivity index (χ1v) is 5.28. The molecule has 2 bridgehead atoms. The monoisotopic (exact) mass is 195 g/mol. The molecule has 2 aliphatic rings. The van der Waals surface area contributed by atoms with Crippen LogP contribution in [-0.2, 0) is 9.53 Å². The van der Waals surface area contributed by atoms with Crippen molar-refractivity contribution in [2.45, 2.75) is 19.8 Å². The number of fused-ring (bicyclic) bond motifs is 2. The average Bonchev–Trinajstić information content (AvgIpc) is 2.77. The van der Waals surface area contributed by atoms with Crippen molar-refractivity contribution in [2.24, 2.45) is 23.0 Å². The molecule has 0 aromatic rings. The molecule has 2 rings (SSSR count). The van der Waals surface area contributed by atoms with Gasteiger partial charge in [-0.2, -0.15) is 0 Å². The zero-order valence-corrected chi connectivity index (χ0v) is 8.53. The zero-order chi connectivity index (χ0) is 10.2. The maximum Gasteiger partial charge on any atom is 0.313 e. The Morgan fingerprint density at radius 2 is 2.43 bits per heavy atom. The van der Waals surface area contributed by atoms with Crippen molar-refractivity contribution in [3.05, 3.63) is 12.2 Å². The Morgan fingerprint density at radius 1 is 1.64 bits per heavy atom. The van der Waals surface area contributed by atoms with Crippen LogP contribution in [0.4, 0.5) is 0 Å². The highest BCUT2D eigenvalue weighted by Gasteiger charge is 2.53. The number of allylic oxidation sites excluding steroid dienone is 2. The fraction of sp³-hybridized carbons (Fsp3) is 0.727. The summed E-state index contributed by atoms with van der Waals surface area (Å²) in [5, 5.41) is 0. The lowest BCUT2D eigenvalue weighted by Crippen LogP contribution is -2.43. The number of nitrogens with two attached hydrogens (primary N) is 1. The van der Waals surface area contributed by atoms with Gasteiger partial charge in [-0.25, -0.2) is 0 Å². The number of hydrogen-bond donors (Lipinski definition) is 1. The minimum Gasteiger partial charge on any atom is -0.466 e. The van der Waals surface area contributed by atoms with E-state index in [4.69, 9.17) is 10.5 Å². The van der Waals surface area contributed by atoms with E-state index in [-0.39, 0.29) is 5.97 Å². The first-order valence-electron chi connectivity index (χ1n) is 5.28. The predicted octanol–water partition coefficient (Wildman–Crippen LogP) is 1.09. The van der Waals surface area contributed by atoms with Crippen LogP contribution in [0, 0.1) is 17.3 Å². The molecular formula is C11H17NO2. The molecule has 0 aliphatic heterocycles. The van der Waals surface area contributed by atoms with Gasteiger partial charge >= 0.3 is 5.97 Å². The van der Waals surface area contributed by atoms with Gasteiger partial charge in [0.25, 0.3) is 0 Å². The van der Waals surface area contributed by atoms with Gasteiger partial charge < -0.3 is 10.5 Å². The van der Waals surface area contributed by atoms with E-state index in [1.54, 1.807) is 0 Å². The van der Waals surface area contributed by atoms with E-state index < -0.39 is 5.41 Å². The molecule has 0 aromatic carbocycles. The molecule has 0 spiro atoms. The molecule has 3 atom stereocenters. The molecule has 14 heavy (non-hydrogen) atoms.